The van der Waals surface area contributed by atoms with Gasteiger partial charge in [0.2, 0.25) is 0 Å². The zero-order valence-electron chi connectivity index (χ0n) is 37.8. The van der Waals surface area contributed by atoms with Crippen LogP contribution in [0.2, 0.25) is 41.3 Å². The number of rotatable bonds is 16. The van der Waals surface area contributed by atoms with Gasteiger partial charge in [-0.1, -0.05) is 168 Å². The molecule has 1 unspecified atom stereocenters. The van der Waals surface area contributed by atoms with E-state index in [1.165, 1.54) is 21.5 Å². The van der Waals surface area contributed by atoms with Crippen molar-refractivity contribution in [3.8, 4) is 11.5 Å². The Morgan fingerprint density at radius 3 is 1.89 bits per heavy atom. The maximum atomic E-state index is 7.20. The summed E-state index contributed by atoms with van der Waals surface area (Å²) in [7, 11) is -6.09. The third-order valence-corrected chi connectivity index (χ3v) is 24.3. The molecule has 2 aromatic rings. The van der Waals surface area contributed by atoms with Crippen LogP contribution in [-0.2, 0) is 18.3 Å². The van der Waals surface area contributed by atoms with Gasteiger partial charge in [0.25, 0.3) is 8.32 Å². The first kappa shape index (κ1) is 46.4. The SMILES string of the molecule is CC1=CC[C@H]([C@H](C)CO[Si](C(C)C)(C(C)C)C(C)C)C=C1[C@@H]1OC(/C(C)=C\CCO[Si](c2ccccc2)(c2ccccc2)C(C)(C)C)O[C@@H]1CC#C[Si](C)(C)C. The number of benzene rings is 2. The lowest BCUT2D eigenvalue weighted by atomic mass is 9.81. The van der Waals surface area contributed by atoms with E-state index in [0.717, 1.165) is 25.0 Å². The van der Waals surface area contributed by atoms with Gasteiger partial charge in [0.05, 0.1) is 0 Å². The summed E-state index contributed by atoms with van der Waals surface area (Å²) in [5, 5.41) is 2.54. The van der Waals surface area contributed by atoms with E-state index < -0.39 is 31.0 Å². The second-order valence-electron chi connectivity index (χ2n) is 19.6. The van der Waals surface area contributed by atoms with Crippen molar-refractivity contribution in [3.05, 3.63) is 95.6 Å². The smallest absolute Gasteiger partial charge is 0.261 e. The van der Waals surface area contributed by atoms with Crippen LogP contribution in [0.3, 0.4) is 0 Å². The van der Waals surface area contributed by atoms with Crippen LogP contribution in [0, 0.1) is 23.3 Å². The van der Waals surface area contributed by atoms with E-state index in [4.69, 9.17) is 18.3 Å². The first-order valence-corrected chi connectivity index (χ1v) is 29.0. The fourth-order valence-corrected chi connectivity index (χ4v) is 20.1. The number of allylic oxidation sites excluding steroid dienone is 2. The van der Waals surface area contributed by atoms with Gasteiger partial charge in [0.1, 0.15) is 20.3 Å². The summed E-state index contributed by atoms with van der Waals surface area (Å²) in [5.41, 5.74) is 8.96. The summed E-state index contributed by atoms with van der Waals surface area (Å²) in [6.07, 6.45) is 8.92. The molecule has 308 valence electrons. The molecule has 5 atom stereocenters. The molecule has 0 saturated carbocycles. The molecule has 0 radical (unpaired) electrons. The normalized spacial score (nSPS) is 21.9. The Kier molecular flexibility index (Phi) is 16.3. The van der Waals surface area contributed by atoms with Crippen LogP contribution in [0.15, 0.2) is 95.6 Å². The largest absolute Gasteiger partial charge is 0.416 e. The van der Waals surface area contributed by atoms with Gasteiger partial charge in [0, 0.05) is 19.6 Å². The van der Waals surface area contributed by atoms with Gasteiger partial charge in [-0.3, -0.25) is 0 Å². The fraction of sp³-hybridized carbons (Fsp3) is 0.592. The van der Waals surface area contributed by atoms with Crippen molar-refractivity contribution in [2.24, 2.45) is 11.8 Å². The minimum Gasteiger partial charge on any atom is -0.416 e. The highest BCUT2D eigenvalue weighted by molar-refractivity contribution is 6.99. The summed E-state index contributed by atoms with van der Waals surface area (Å²) < 4.78 is 28.1. The van der Waals surface area contributed by atoms with E-state index in [1.807, 2.05) is 0 Å². The van der Waals surface area contributed by atoms with Gasteiger partial charge in [-0.15, -0.1) is 11.5 Å². The van der Waals surface area contributed by atoms with Crippen molar-refractivity contribution in [2.45, 2.75) is 162 Å². The molecule has 1 saturated heterocycles. The molecule has 4 rings (SSSR count). The first-order chi connectivity index (χ1) is 26.2. The quantitative estimate of drug-likeness (QED) is 0.0732. The molecular formula is C49H76O4Si3. The van der Waals surface area contributed by atoms with Crippen molar-refractivity contribution in [2.75, 3.05) is 13.2 Å². The van der Waals surface area contributed by atoms with E-state index >= 15 is 0 Å². The van der Waals surface area contributed by atoms with Crippen molar-refractivity contribution in [1.29, 1.82) is 0 Å². The lowest BCUT2D eigenvalue weighted by Crippen LogP contribution is -2.66. The van der Waals surface area contributed by atoms with Crippen LogP contribution < -0.4 is 10.4 Å². The minimum atomic E-state index is -2.61. The van der Waals surface area contributed by atoms with E-state index in [2.05, 4.69) is 193 Å². The van der Waals surface area contributed by atoms with E-state index in [-0.39, 0.29) is 17.2 Å². The summed E-state index contributed by atoms with van der Waals surface area (Å²) in [4.78, 5) is 0. The molecule has 0 spiro atoms. The third-order valence-electron chi connectivity index (χ3n) is 12.3. The molecule has 1 aliphatic heterocycles. The molecule has 2 aromatic carbocycles. The topological polar surface area (TPSA) is 36.9 Å². The zero-order chi connectivity index (χ0) is 41.5. The van der Waals surface area contributed by atoms with Crippen molar-refractivity contribution >= 4 is 35.1 Å². The lowest BCUT2D eigenvalue weighted by Gasteiger charge is -2.43. The first-order valence-electron chi connectivity index (χ1n) is 21.5. The fourth-order valence-electron chi connectivity index (χ4n) is 9.38. The maximum Gasteiger partial charge on any atom is 0.261 e. The standard InChI is InChI=1S/C49H76O4Si3/c1-36(2)55(37(3)4,38(5)6)51-35-41(9)42-31-30-39(7)45(34-42)47-46(29-23-33-54(13,14)15)52-48(53-47)40(8)24-22-32-50-56(49(10,11)12,43-25-18-16-19-26-43)44-27-20-17-21-28-44/h16-21,24-28,30,34,36-38,41-42,46-48H,22,29,31-32,35H2,1-15H3/b40-24-/t41-,42+,46-,47+,48?/m1/s1. The average molecular weight is 813 g/mol. The van der Waals surface area contributed by atoms with Gasteiger partial charge in [-0.2, -0.15) is 0 Å². The predicted molar refractivity (Wildman–Crippen MR) is 247 cm³/mol. The minimum absolute atomic E-state index is 0.0630. The highest BCUT2D eigenvalue weighted by atomic mass is 28.4. The lowest BCUT2D eigenvalue weighted by molar-refractivity contribution is -0.0333. The van der Waals surface area contributed by atoms with Crippen LogP contribution in [0.1, 0.15) is 102 Å². The number of hydrogen-bond donors (Lipinski definition) is 0. The number of ether oxygens (including phenoxy) is 2. The highest BCUT2D eigenvalue weighted by Crippen LogP contribution is 2.44. The number of hydrogen-bond acceptors (Lipinski definition) is 4. The molecule has 2 aliphatic rings. The van der Waals surface area contributed by atoms with Crippen LogP contribution >= 0.6 is 0 Å². The second kappa shape index (κ2) is 19.6. The van der Waals surface area contributed by atoms with E-state index in [1.54, 1.807) is 0 Å². The van der Waals surface area contributed by atoms with Crippen LogP contribution in [0.4, 0.5) is 0 Å². The molecule has 0 bridgehead atoms. The molecule has 1 aliphatic carbocycles. The summed E-state index contributed by atoms with van der Waals surface area (Å²) in [6.45, 7) is 36.3. The Morgan fingerprint density at radius 2 is 1.39 bits per heavy atom. The van der Waals surface area contributed by atoms with Crippen molar-refractivity contribution in [1.82, 2.24) is 0 Å². The Morgan fingerprint density at radius 1 is 0.839 bits per heavy atom. The Hall–Kier alpha value is -2.29. The van der Waals surface area contributed by atoms with Crippen molar-refractivity contribution < 1.29 is 18.3 Å². The Bertz CT molecular complexity index is 1640. The second-order valence-corrected chi connectivity index (χ2v) is 34.1. The predicted octanol–water partition coefficient (Wildman–Crippen LogP) is 12.0. The van der Waals surface area contributed by atoms with Gasteiger partial charge in [-0.05, 0) is 87.3 Å². The van der Waals surface area contributed by atoms with Crippen LogP contribution in [0.5, 0.6) is 0 Å². The van der Waals surface area contributed by atoms with Gasteiger partial charge in [-0.25, -0.2) is 0 Å². The molecule has 4 nitrogen and oxygen atoms in total. The molecule has 56 heavy (non-hydrogen) atoms. The Balaban J connectivity index is 1.56. The molecule has 0 amide bonds. The Labute approximate surface area is 346 Å². The third kappa shape index (κ3) is 10.8. The molecular weight excluding hydrogens is 737 g/mol. The van der Waals surface area contributed by atoms with Crippen molar-refractivity contribution in [3.63, 3.8) is 0 Å². The maximum absolute atomic E-state index is 7.20. The van der Waals surface area contributed by atoms with Gasteiger partial charge in [0.15, 0.2) is 14.6 Å². The molecule has 0 N–H and O–H groups in total. The van der Waals surface area contributed by atoms with E-state index in [9.17, 15) is 0 Å². The highest BCUT2D eigenvalue weighted by Gasteiger charge is 2.50. The van der Waals surface area contributed by atoms with E-state index in [0.29, 0.717) is 41.5 Å². The van der Waals surface area contributed by atoms with Crippen LogP contribution in [-0.4, -0.2) is 56.4 Å². The van der Waals surface area contributed by atoms with Crippen LogP contribution in [0.25, 0.3) is 0 Å². The molecule has 1 heterocycles. The summed E-state index contributed by atoms with van der Waals surface area (Å²) in [5.74, 6) is 4.33. The zero-order valence-corrected chi connectivity index (χ0v) is 40.8. The van der Waals surface area contributed by atoms with Gasteiger partial charge >= 0.3 is 0 Å². The molecule has 7 heteroatoms. The molecule has 0 aromatic heterocycles. The molecule has 1 fully saturated rings. The average Bonchev–Trinajstić information content (AvgIpc) is 3.55. The summed E-state index contributed by atoms with van der Waals surface area (Å²) in [6, 6.07) is 21.8. The summed E-state index contributed by atoms with van der Waals surface area (Å²) >= 11 is 0. The van der Waals surface area contributed by atoms with Gasteiger partial charge < -0.3 is 18.3 Å². The monoisotopic (exact) mass is 813 g/mol.